The Morgan fingerprint density at radius 3 is 2.33 bits per heavy atom. The van der Waals surface area contributed by atoms with E-state index in [1.807, 2.05) is 0 Å². The standard InChI is InChI=1S/C25H23F6N3O2/c1-2-36-23-12-6-11-22(32-23)34-14-20(16-7-5-8-17(13-16)24(26,27)28)33(15-21(35)25(29,30)31)18-9-3-4-10-19(18)34/h3-13,20-21,35H,2,14-15H2,1H3/t20-,21+/m0/s1. The van der Waals surface area contributed by atoms with E-state index in [9.17, 15) is 31.4 Å². The Hall–Kier alpha value is -3.47. The molecule has 0 bridgehead atoms. The van der Waals surface area contributed by atoms with Crippen molar-refractivity contribution in [2.24, 2.45) is 0 Å². The molecule has 0 saturated carbocycles. The van der Waals surface area contributed by atoms with E-state index in [0.717, 1.165) is 12.1 Å². The number of anilines is 3. The summed E-state index contributed by atoms with van der Waals surface area (Å²) in [5.41, 5.74) is 0.0483. The molecule has 3 aromatic rings. The maximum Gasteiger partial charge on any atom is 0.416 e. The van der Waals surface area contributed by atoms with Crippen LogP contribution in [0.25, 0.3) is 0 Å². The Balaban J connectivity index is 1.85. The van der Waals surface area contributed by atoms with Crippen LogP contribution in [0.15, 0.2) is 66.7 Å². The van der Waals surface area contributed by atoms with E-state index in [0.29, 0.717) is 29.7 Å². The lowest BCUT2D eigenvalue weighted by atomic mass is 9.97. The minimum Gasteiger partial charge on any atom is -0.478 e. The number of rotatable bonds is 6. The summed E-state index contributed by atoms with van der Waals surface area (Å²) in [4.78, 5) is 7.49. The fraction of sp³-hybridized carbons (Fsp3) is 0.320. The van der Waals surface area contributed by atoms with Crippen LogP contribution in [-0.4, -0.2) is 42.1 Å². The van der Waals surface area contributed by atoms with Crippen molar-refractivity contribution >= 4 is 17.2 Å². The lowest BCUT2D eigenvalue weighted by Gasteiger charge is -2.45. The van der Waals surface area contributed by atoms with E-state index >= 15 is 0 Å². The second-order valence-corrected chi connectivity index (χ2v) is 8.22. The van der Waals surface area contributed by atoms with Crippen LogP contribution >= 0.6 is 0 Å². The molecule has 0 aliphatic carbocycles. The van der Waals surface area contributed by atoms with Crippen molar-refractivity contribution in [2.45, 2.75) is 31.4 Å². The minimum atomic E-state index is -4.90. The zero-order valence-corrected chi connectivity index (χ0v) is 19.1. The number of alkyl halides is 6. The molecule has 0 amide bonds. The number of pyridine rings is 1. The molecule has 2 heterocycles. The summed E-state index contributed by atoms with van der Waals surface area (Å²) in [6, 6.07) is 15.1. The molecule has 2 atom stereocenters. The number of aliphatic hydroxyl groups is 1. The molecule has 1 aliphatic rings. The van der Waals surface area contributed by atoms with Crippen molar-refractivity contribution in [3.63, 3.8) is 0 Å². The number of hydrogen-bond donors (Lipinski definition) is 1. The molecule has 36 heavy (non-hydrogen) atoms. The molecular weight excluding hydrogens is 488 g/mol. The molecule has 1 N–H and O–H groups in total. The summed E-state index contributed by atoms with van der Waals surface area (Å²) in [5.74, 6) is 0.749. The molecule has 1 aliphatic heterocycles. The number of ether oxygens (including phenoxy) is 1. The van der Waals surface area contributed by atoms with Gasteiger partial charge in [-0.15, -0.1) is 0 Å². The third kappa shape index (κ3) is 5.35. The van der Waals surface area contributed by atoms with Crippen molar-refractivity contribution in [1.29, 1.82) is 0 Å². The summed E-state index contributed by atoms with van der Waals surface area (Å²) in [7, 11) is 0. The van der Waals surface area contributed by atoms with Gasteiger partial charge in [0.15, 0.2) is 6.10 Å². The Morgan fingerprint density at radius 1 is 0.972 bits per heavy atom. The zero-order chi connectivity index (χ0) is 26.1. The van der Waals surface area contributed by atoms with E-state index in [1.165, 1.54) is 17.0 Å². The minimum absolute atomic E-state index is 0.0223. The van der Waals surface area contributed by atoms with Gasteiger partial charge in [-0.1, -0.05) is 30.3 Å². The Morgan fingerprint density at radius 2 is 1.67 bits per heavy atom. The molecular formula is C25H23F6N3O2. The van der Waals surface area contributed by atoms with Crippen LogP contribution in [0.2, 0.25) is 0 Å². The van der Waals surface area contributed by atoms with Crippen LogP contribution in [0.1, 0.15) is 24.1 Å². The van der Waals surface area contributed by atoms with Crippen molar-refractivity contribution in [1.82, 2.24) is 4.98 Å². The summed E-state index contributed by atoms with van der Waals surface area (Å²) < 4.78 is 85.8. The average molecular weight is 511 g/mol. The van der Waals surface area contributed by atoms with Gasteiger partial charge in [0.2, 0.25) is 5.88 Å². The third-order valence-corrected chi connectivity index (χ3v) is 5.84. The molecule has 0 fully saturated rings. The van der Waals surface area contributed by atoms with Crippen molar-refractivity contribution in [2.75, 3.05) is 29.5 Å². The summed E-state index contributed by atoms with van der Waals surface area (Å²) >= 11 is 0. The highest BCUT2D eigenvalue weighted by Crippen LogP contribution is 2.45. The van der Waals surface area contributed by atoms with Gasteiger partial charge in [-0.25, -0.2) is 0 Å². The third-order valence-electron chi connectivity index (χ3n) is 5.84. The number of nitrogens with zero attached hydrogens (tertiary/aromatic N) is 3. The Bertz CT molecular complexity index is 1200. The second-order valence-electron chi connectivity index (χ2n) is 8.22. The van der Waals surface area contributed by atoms with Gasteiger partial charge >= 0.3 is 12.4 Å². The van der Waals surface area contributed by atoms with Crippen LogP contribution in [-0.2, 0) is 6.18 Å². The fourth-order valence-corrected chi connectivity index (χ4v) is 4.20. The van der Waals surface area contributed by atoms with Gasteiger partial charge in [0.25, 0.3) is 0 Å². The number of fused-ring (bicyclic) bond motifs is 1. The Kier molecular flexibility index (Phi) is 7.03. The summed E-state index contributed by atoms with van der Waals surface area (Å²) in [6.07, 6.45) is -12.2. The highest BCUT2D eigenvalue weighted by atomic mass is 19.4. The summed E-state index contributed by atoms with van der Waals surface area (Å²) in [5, 5.41) is 9.90. The molecule has 4 rings (SSSR count). The van der Waals surface area contributed by atoms with Gasteiger partial charge in [0.05, 0.1) is 36.1 Å². The predicted octanol–water partition coefficient (Wildman–Crippen LogP) is 6.12. The molecule has 192 valence electrons. The molecule has 0 saturated heterocycles. The number of halogens is 6. The molecule has 5 nitrogen and oxygen atoms in total. The zero-order valence-electron chi connectivity index (χ0n) is 19.1. The maximum atomic E-state index is 13.5. The number of benzene rings is 2. The first-order chi connectivity index (χ1) is 17.0. The van der Waals surface area contributed by atoms with Gasteiger partial charge in [0, 0.05) is 12.6 Å². The van der Waals surface area contributed by atoms with Crippen molar-refractivity contribution in [3.05, 3.63) is 77.9 Å². The lowest BCUT2D eigenvalue weighted by Crippen LogP contribution is -2.48. The molecule has 0 unspecified atom stereocenters. The van der Waals surface area contributed by atoms with Crippen LogP contribution < -0.4 is 14.5 Å². The fourth-order valence-electron chi connectivity index (χ4n) is 4.20. The van der Waals surface area contributed by atoms with Crippen molar-refractivity contribution < 1.29 is 36.2 Å². The maximum absolute atomic E-state index is 13.5. The van der Waals surface area contributed by atoms with E-state index in [4.69, 9.17) is 4.74 Å². The first kappa shape index (κ1) is 25.6. The number of β-amino-alcohol motifs (C(OH)–C–C–N with tert-alkyl or cyclic N) is 1. The van der Waals surface area contributed by atoms with Gasteiger partial charge in [-0.2, -0.15) is 31.3 Å². The van der Waals surface area contributed by atoms with E-state index in [2.05, 4.69) is 4.98 Å². The van der Waals surface area contributed by atoms with Gasteiger partial charge in [-0.05, 0) is 42.8 Å². The van der Waals surface area contributed by atoms with Crippen molar-refractivity contribution in [3.8, 4) is 5.88 Å². The van der Waals surface area contributed by atoms with Crippen LogP contribution in [0, 0.1) is 0 Å². The predicted molar refractivity (Wildman–Crippen MR) is 122 cm³/mol. The van der Waals surface area contributed by atoms with Crippen LogP contribution in [0.3, 0.4) is 0 Å². The molecule has 1 aromatic heterocycles. The van der Waals surface area contributed by atoms with Gasteiger partial charge in [0.1, 0.15) is 5.82 Å². The first-order valence-corrected chi connectivity index (χ1v) is 11.1. The highest BCUT2D eigenvalue weighted by molar-refractivity contribution is 5.79. The quantitative estimate of drug-likeness (QED) is 0.404. The first-order valence-electron chi connectivity index (χ1n) is 11.1. The van der Waals surface area contributed by atoms with E-state index in [1.54, 1.807) is 54.3 Å². The van der Waals surface area contributed by atoms with E-state index < -0.39 is 36.6 Å². The second kappa shape index (κ2) is 9.88. The van der Waals surface area contributed by atoms with Gasteiger partial charge < -0.3 is 19.6 Å². The number of para-hydroxylation sites is 2. The largest absolute Gasteiger partial charge is 0.478 e. The topological polar surface area (TPSA) is 48.8 Å². The highest BCUT2D eigenvalue weighted by Gasteiger charge is 2.43. The average Bonchev–Trinajstić information content (AvgIpc) is 2.83. The normalized spacial score (nSPS) is 17.1. The van der Waals surface area contributed by atoms with Crippen LogP contribution in [0.5, 0.6) is 5.88 Å². The van der Waals surface area contributed by atoms with Crippen LogP contribution in [0.4, 0.5) is 43.5 Å². The van der Waals surface area contributed by atoms with E-state index in [-0.39, 0.29) is 12.1 Å². The number of aliphatic hydroxyl groups excluding tert-OH is 1. The monoisotopic (exact) mass is 511 g/mol. The Labute approximate surface area is 203 Å². The molecule has 0 spiro atoms. The lowest BCUT2D eigenvalue weighted by molar-refractivity contribution is -0.200. The number of aromatic nitrogens is 1. The molecule has 11 heteroatoms. The summed E-state index contributed by atoms with van der Waals surface area (Å²) in [6.45, 7) is 1.27. The smallest absolute Gasteiger partial charge is 0.416 e. The van der Waals surface area contributed by atoms with Gasteiger partial charge in [-0.3, -0.25) is 0 Å². The molecule has 2 aromatic carbocycles. The molecule has 0 radical (unpaired) electrons. The number of hydrogen-bond acceptors (Lipinski definition) is 5. The SMILES string of the molecule is CCOc1cccc(N2C[C@@H](c3cccc(C(F)(F)F)c3)N(C[C@@H](O)C(F)(F)F)c3ccccc32)n1.